The van der Waals surface area contributed by atoms with Gasteiger partial charge in [-0.1, -0.05) is 11.6 Å². The largest absolute Gasteiger partial charge is 0.466 e. The number of ether oxygens (including phenoxy) is 1. The normalized spacial score (nSPS) is 10.0. The summed E-state index contributed by atoms with van der Waals surface area (Å²) in [5, 5.41) is 13.3. The van der Waals surface area contributed by atoms with Crippen LogP contribution in [-0.2, 0) is 9.53 Å². The maximum Gasteiger partial charge on any atom is 0.305 e. The first kappa shape index (κ1) is 16.9. The first-order valence-corrected chi connectivity index (χ1v) is 6.71. The number of rotatable bonds is 7. The van der Waals surface area contributed by atoms with Gasteiger partial charge in [-0.05, 0) is 19.4 Å². The van der Waals surface area contributed by atoms with Gasteiger partial charge >= 0.3 is 5.97 Å². The Balaban J connectivity index is 2.54. The third-order valence-electron chi connectivity index (χ3n) is 2.55. The van der Waals surface area contributed by atoms with Crippen molar-refractivity contribution in [2.45, 2.75) is 19.8 Å². The van der Waals surface area contributed by atoms with E-state index in [-0.39, 0.29) is 35.2 Å². The molecule has 0 saturated carbocycles. The molecule has 0 heterocycles. The molecule has 21 heavy (non-hydrogen) atoms. The number of non-ortho nitro benzene ring substituents is 1. The first-order chi connectivity index (χ1) is 9.95. The number of halogens is 1. The van der Waals surface area contributed by atoms with E-state index in [0.717, 1.165) is 6.07 Å². The Morgan fingerprint density at radius 3 is 2.76 bits per heavy atom. The van der Waals surface area contributed by atoms with E-state index in [1.54, 1.807) is 6.92 Å². The molecule has 0 aliphatic rings. The van der Waals surface area contributed by atoms with E-state index >= 15 is 0 Å². The molecule has 8 heteroatoms. The fraction of sp³-hybridized carbons (Fsp3) is 0.385. The van der Waals surface area contributed by atoms with Gasteiger partial charge in [0.1, 0.15) is 0 Å². The Morgan fingerprint density at radius 2 is 2.14 bits per heavy atom. The van der Waals surface area contributed by atoms with Crippen molar-refractivity contribution >= 4 is 29.2 Å². The van der Waals surface area contributed by atoms with Crippen LogP contribution in [0.3, 0.4) is 0 Å². The summed E-state index contributed by atoms with van der Waals surface area (Å²) >= 11 is 5.84. The zero-order valence-electron chi connectivity index (χ0n) is 11.4. The lowest BCUT2D eigenvalue weighted by Gasteiger charge is -2.06. The van der Waals surface area contributed by atoms with E-state index < -0.39 is 10.8 Å². The van der Waals surface area contributed by atoms with E-state index in [1.165, 1.54) is 12.1 Å². The third kappa shape index (κ3) is 5.39. The van der Waals surface area contributed by atoms with Crippen molar-refractivity contribution in [3.8, 4) is 0 Å². The number of nitro groups is 1. The lowest BCUT2D eigenvalue weighted by atomic mass is 10.2. The molecule has 1 N–H and O–H groups in total. The highest BCUT2D eigenvalue weighted by molar-refractivity contribution is 6.33. The molecule has 1 rings (SSSR count). The number of esters is 1. The highest BCUT2D eigenvalue weighted by Crippen LogP contribution is 2.21. The molecular weight excluding hydrogens is 300 g/mol. The molecule has 1 aromatic carbocycles. The van der Waals surface area contributed by atoms with Crippen molar-refractivity contribution in [3.05, 3.63) is 38.9 Å². The summed E-state index contributed by atoms with van der Waals surface area (Å²) in [6, 6.07) is 3.64. The van der Waals surface area contributed by atoms with Crippen LogP contribution in [0.25, 0.3) is 0 Å². The van der Waals surface area contributed by atoms with Gasteiger partial charge in [-0.25, -0.2) is 0 Å². The van der Waals surface area contributed by atoms with E-state index in [1.807, 2.05) is 0 Å². The second-order valence-electron chi connectivity index (χ2n) is 4.09. The van der Waals surface area contributed by atoms with Crippen LogP contribution in [0.15, 0.2) is 18.2 Å². The smallest absolute Gasteiger partial charge is 0.305 e. The molecule has 0 aliphatic carbocycles. The number of nitrogens with one attached hydrogen (secondary N) is 1. The van der Waals surface area contributed by atoms with Gasteiger partial charge in [-0.15, -0.1) is 0 Å². The van der Waals surface area contributed by atoms with Crippen LogP contribution < -0.4 is 5.32 Å². The molecule has 0 saturated heterocycles. The minimum absolute atomic E-state index is 0.0296. The fourth-order valence-corrected chi connectivity index (χ4v) is 1.77. The molecule has 0 unspecified atom stereocenters. The minimum Gasteiger partial charge on any atom is -0.466 e. The average Bonchev–Trinajstić information content (AvgIpc) is 2.44. The van der Waals surface area contributed by atoms with Crippen LogP contribution in [0, 0.1) is 10.1 Å². The molecule has 0 aliphatic heterocycles. The fourth-order valence-electron chi connectivity index (χ4n) is 1.56. The Kier molecular flexibility index (Phi) is 6.61. The number of hydrogen-bond donors (Lipinski definition) is 1. The lowest BCUT2D eigenvalue weighted by Crippen LogP contribution is -2.25. The predicted molar refractivity (Wildman–Crippen MR) is 76.3 cm³/mol. The second kappa shape index (κ2) is 8.21. The van der Waals surface area contributed by atoms with Crippen molar-refractivity contribution in [3.63, 3.8) is 0 Å². The molecule has 0 atom stereocenters. The molecule has 0 aromatic heterocycles. The van der Waals surface area contributed by atoms with Crippen molar-refractivity contribution in [1.29, 1.82) is 0 Å². The van der Waals surface area contributed by atoms with Crippen molar-refractivity contribution in [2.75, 3.05) is 13.2 Å². The summed E-state index contributed by atoms with van der Waals surface area (Å²) in [5.41, 5.74) is -0.182. The Morgan fingerprint density at radius 1 is 1.43 bits per heavy atom. The summed E-state index contributed by atoms with van der Waals surface area (Å²) in [4.78, 5) is 33.0. The molecule has 0 bridgehead atoms. The Bertz CT molecular complexity index is 547. The van der Waals surface area contributed by atoms with Gasteiger partial charge in [0.25, 0.3) is 11.6 Å². The van der Waals surface area contributed by atoms with Gasteiger partial charge < -0.3 is 10.1 Å². The highest BCUT2D eigenvalue weighted by atomic mass is 35.5. The standard InChI is InChI=1S/C13H15ClN2O5/c1-2-21-12(17)4-3-7-15-13(18)10-8-9(16(19)20)5-6-11(10)14/h5-6,8H,2-4,7H2,1H3,(H,15,18). The minimum atomic E-state index is -0.603. The number of nitro benzene ring substituents is 1. The molecule has 0 spiro atoms. The highest BCUT2D eigenvalue weighted by Gasteiger charge is 2.15. The van der Waals surface area contributed by atoms with Crippen molar-refractivity contribution < 1.29 is 19.2 Å². The van der Waals surface area contributed by atoms with E-state index in [0.29, 0.717) is 13.0 Å². The topological polar surface area (TPSA) is 98.5 Å². The number of carbonyl (C=O) groups is 2. The number of nitrogens with zero attached hydrogens (tertiary/aromatic N) is 1. The average molecular weight is 315 g/mol. The van der Waals surface area contributed by atoms with Crippen molar-refractivity contribution in [1.82, 2.24) is 5.32 Å². The summed E-state index contributed by atoms with van der Waals surface area (Å²) in [7, 11) is 0. The summed E-state index contributed by atoms with van der Waals surface area (Å²) in [5.74, 6) is -0.854. The SMILES string of the molecule is CCOC(=O)CCCNC(=O)c1cc([N+](=O)[O-])ccc1Cl. The van der Waals surface area contributed by atoms with E-state index in [4.69, 9.17) is 16.3 Å². The van der Waals surface area contributed by atoms with Crippen LogP contribution in [0.4, 0.5) is 5.69 Å². The monoisotopic (exact) mass is 314 g/mol. The van der Waals surface area contributed by atoms with Crippen LogP contribution in [0.2, 0.25) is 5.02 Å². The predicted octanol–water partition coefficient (Wildman–Crippen LogP) is 2.32. The molecular formula is C13H15ClN2O5. The lowest BCUT2D eigenvalue weighted by molar-refractivity contribution is -0.384. The number of amides is 1. The van der Waals surface area contributed by atoms with E-state index in [9.17, 15) is 19.7 Å². The summed E-state index contributed by atoms with van der Waals surface area (Å²) in [6.45, 7) is 2.27. The van der Waals surface area contributed by atoms with Crippen LogP contribution in [0.1, 0.15) is 30.1 Å². The molecule has 1 amide bonds. The number of hydrogen-bond acceptors (Lipinski definition) is 5. The summed E-state index contributed by atoms with van der Waals surface area (Å²) in [6.07, 6.45) is 0.605. The molecule has 7 nitrogen and oxygen atoms in total. The van der Waals surface area contributed by atoms with Crippen LogP contribution >= 0.6 is 11.6 Å². The molecule has 0 radical (unpaired) electrons. The summed E-state index contributed by atoms with van der Waals surface area (Å²) < 4.78 is 4.75. The maximum absolute atomic E-state index is 11.9. The van der Waals surface area contributed by atoms with Crippen LogP contribution in [0.5, 0.6) is 0 Å². The van der Waals surface area contributed by atoms with Crippen molar-refractivity contribution in [2.24, 2.45) is 0 Å². The first-order valence-electron chi connectivity index (χ1n) is 6.33. The van der Waals surface area contributed by atoms with Gasteiger partial charge in [0.2, 0.25) is 0 Å². The van der Waals surface area contributed by atoms with Gasteiger partial charge in [-0.2, -0.15) is 0 Å². The van der Waals surface area contributed by atoms with Gasteiger partial charge in [0, 0.05) is 25.1 Å². The number of carbonyl (C=O) groups excluding carboxylic acids is 2. The zero-order chi connectivity index (χ0) is 15.8. The molecule has 114 valence electrons. The second-order valence-corrected chi connectivity index (χ2v) is 4.49. The maximum atomic E-state index is 11.9. The molecule has 0 fully saturated rings. The molecule has 1 aromatic rings. The Labute approximate surface area is 126 Å². The van der Waals surface area contributed by atoms with Gasteiger partial charge in [-0.3, -0.25) is 19.7 Å². The van der Waals surface area contributed by atoms with Gasteiger partial charge in [0.15, 0.2) is 0 Å². The zero-order valence-corrected chi connectivity index (χ0v) is 12.2. The van der Waals surface area contributed by atoms with Crippen LogP contribution in [-0.4, -0.2) is 30.0 Å². The quantitative estimate of drug-likeness (QED) is 0.360. The van der Waals surface area contributed by atoms with Gasteiger partial charge in [0.05, 0.1) is 22.1 Å². The van der Waals surface area contributed by atoms with E-state index in [2.05, 4.69) is 5.32 Å². The third-order valence-corrected chi connectivity index (χ3v) is 2.88. The number of benzene rings is 1. The Hall–Kier alpha value is -2.15.